The Balaban J connectivity index is 1.87. The van der Waals surface area contributed by atoms with Gasteiger partial charge in [0.05, 0.1) is 18.1 Å². The molecule has 0 aromatic carbocycles. The molecule has 98 valence electrons. The van der Waals surface area contributed by atoms with E-state index in [4.69, 9.17) is 0 Å². The minimum absolute atomic E-state index is 0.147. The van der Waals surface area contributed by atoms with E-state index in [2.05, 4.69) is 20.2 Å². The number of aromatic nitrogens is 2. The summed E-state index contributed by atoms with van der Waals surface area (Å²) in [4.78, 5) is 22.2. The van der Waals surface area contributed by atoms with Gasteiger partial charge in [-0.05, 0) is 26.7 Å². The molecule has 1 amide bonds. The van der Waals surface area contributed by atoms with Crippen molar-refractivity contribution in [1.29, 1.82) is 0 Å². The van der Waals surface area contributed by atoms with Crippen LogP contribution in [-0.4, -0.2) is 35.0 Å². The number of piperidine rings is 1. The number of anilines is 1. The highest BCUT2D eigenvalue weighted by atomic mass is 16.1. The number of amides is 1. The lowest BCUT2D eigenvalue weighted by Crippen LogP contribution is -2.42. The minimum atomic E-state index is 0.147. The summed E-state index contributed by atoms with van der Waals surface area (Å²) in [7, 11) is 0. The summed E-state index contributed by atoms with van der Waals surface area (Å²) >= 11 is 0. The molecule has 18 heavy (non-hydrogen) atoms. The zero-order valence-electron chi connectivity index (χ0n) is 11.0. The fourth-order valence-corrected chi connectivity index (χ4v) is 2.26. The second-order valence-corrected chi connectivity index (χ2v) is 5.02. The van der Waals surface area contributed by atoms with Crippen LogP contribution in [0.25, 0.3) is 0 Å². The third kappa shape index (κ3) is 3.18. The van der Waals surface area contributed by atoms with E-state index in [1.165, 1.54) is 6.33 Å². The number of hydrogen-bond donors (Lipinski definition) is 1. The van der Waals surface area contributed by atoms with Crippen LogP contribution in [0.2, 0.25) is 0 Å². The normalized spacial score (nSPS) is 16.9. The standard InChI is InChI=1S/C13H20N4O/c1-10(2)16-13(18)11-3-5-17(6-4-11)12-7-14-9-15-8-12/h7-11H,3-6H2,1-2H3,(H,16,18). The van der Waals surface area contributed by atoms with Crippen molar-refractivity contribution >= 4 is 11.6 Å². The Bertz CT molecular complexity index is 385. The largest absolute Gasteiger partial charge is 0.369 e. The number of nitrogens with zero attached hydrogens (tertiary/aromatic N) is 3. The molecule has 1 N–H and O–H groups in total. The average Bonchev–Trinajstić information content (AvgIpc) is 2.39. The molecule has 0 bridgehead atoms. The van der Waals surface area contributed by atoms with Gasteiger partial charge >= 0.3 is 0 Å². The van der Waals surface area contributed by atoms with E-state index in [1.54, 1.807) is 0 Å². The van der Waals surface area contributed by atoms with E-state index in [-0.39, 0.29) is 17.9 Å². The fraction of sp³-hybridized carbons (Fsp3) is 0.615. The van der Waals surface area contributed by atoms with Gasteiger partial charge in [-0.2, -0.15) is 0 Å². The van der Waals surface area contributed by atoms with Crippen LogP contribution in [0.3, 0.4) is 0 Å². The summed E-state index contributed by atoms with van der Waals surface area (Å²) < 4.78 is 0. The molecule has 1 aliphatic heterocycles. The number of carbonyl (C=O) groups is 1. The lowest BCUT2D eigenvalue weighted by molar-refractivity contribution is -0.126. The van der Waals surface area contributed by atoms with Crippen LogP contribution in [-0.2, 0) is 4.79 Å². The molecule has 1 aromatic rings. The molecule has 2 heterocycles. The van der Waals surface area contributed by atoms with Crippen LogP contribution < -0.4 is 10.2 Å². The molecule has 0 radical (unpaired) electrons. The van der Waals surface area contributed by atoms with Crippen molar-refractivity contribution in [3.05, 3.63) is 18.7 Å². The third-order valence-electron chi connectivity index (χ3n) is 3.21. The van der Waals surface area contributed by atoms with Crippen LogP contribution in [0.5, 0.6) is 0 Å². The summed E-state index contributed by atoms with van der Waals surface area (Å²) in [6, 6.07) is 0.220. The first-order valence-corrected chi connectivity index (χ1v) is 6.47. The van der Waals surface area contributed by atoms with Crippen molar-refractivity contribution in [2.45, 2.75) is 32.7 Å². The van der Waals surface area contributed by atoms with Crippen molar-refractivity contribution in [3.63, 3.8) is 0 Å². The molecule has 1 aliphatic rings. The Hall–Kier alpha value is -1.65. The second-order valence-electron chi connectivity index (χ2n) is 5.02. The van der Waals surface area contributed by atoms with E-state index >= 15 is 0 Å². The Morgan fingerprint density at radius 1 is 1.33 bits per heavy atom. The van der Waals surface area contributed by atoms with Gasteiger partial charge in [-0.3, -0.25) is 4.79 Å². The lowest BCUT2D eigenvalue weighted by Gasteiger charge is -2.32. The van der Waals surface area contributed by atoms with Crippen molar-refractivity contribution in [1.82, 2.24) is 15.3 Å². The summed E-state index contributed by atoms with van der Waals surface area (Å²) in [6.07, 6.45) is 6.97. The van der Waals surface area contributed by atoms with Crippen molar-refractivity contribution in [2.75, 3.05) is 18.0 Å². The fourth-order valence-electron chi connectivity index (χ4n) is 2.26. The third-order valence-corrected chi connectivity index (χ3v) is 3.21. The molecule has 5 heteroatoms. The average molecular weight is 248 g/mol. The Labute approximate surface area is 108 Å². The number of carbonyl (C=O) groups excluding carboxylic acids is 1. The van der Waals surface area contributed by atoms with E-state index in [0.29, 0.717) is 0 Å². The number of rotatable bonds is 3. The minimum Gasteiger partial charge on any atom is -0.369 e. The summed E-state index contributed by atoms with van der Waals surface area (Å²) in [5, 5.41) is 2.98. The Morgan fingerprint density at radius 3 is 2.50 bits per heavy atom. The van der Waals surface area contributed by atoms with Crippen LogP contribution in [0, 0.1) is 5.92 Å². The lowest BCUT2D eigenvalue weighted by atomic mass is 9.95. The maximum absolute atomic E-state index is 11.9. The van der Waals surface area contributed by atoms with Gasteiger partial charge in [0.1, 0.15) is 6.33 Å². The van der Waals surface area contributed by atoms with Crippen molar-refractivity contribution < 1.29 is 4.79 Å². The van der Waals surface area contributed by atoms with Gasteiger partial charge in [0, 0.05) is 25.0 Å². The molecule has 0 unspecified atom stereocenters. The van der Waals surface area contributed by atoms with Gasteiger partial charge in [0.2, 0.25) is 5.91 Å². The molecule has 5 nitrogen and oxygen atoms in total. The number of hydrogen-bond acceptors (Lipinski definition) is 4. The van der Waals surface area contributed by atoms with Gasteiger partial charge < -0.3 is 10.2 Å². The highest BCUT2D eigenvalue weighted by Crippen LogP contribution is 2.22. The van der Waals surface area contributed by atoms with Crippen LogP contribution in [0.4, 0.5) is 5.69 Å². The number of nitrogens with one attached hydrogen (secondary N) is 1. The second kappa shape index (κ2) is 5.80. The van der Waals surface area contributed by atoms with E-state index in [1.807, 2.05) is 26.2 Å². The maximum Gasteiger partial charge on any atom is 0.223 e. The predicted molar refractivity (Wildman–Crippen MR) is 70.2 cm³/mol. The van der Waals surface area contributed by atoms with Crippen LogP contribution >= 0.6 is 0 Å². The molecule has 1 aromatic heterocycles. The highest BCUT2D eigenvalue weighted by molar-refractivity contribution is 5.79. The smallest absolute Gasteiger partial charge is 0.223 e. The van der Waals surface area contributed by atoms with Crippen LogP contribution in [0.15, 0.2) is 18.7 Å². The Kier molecular flexibility index (Phi) is 4.12. The Morgan fingerprint density at radius 2 is 1.94 bits per heavy atom. The molecular weight excluding hydrogens is 228 g/mol. The van der Waals surface area contributed by atoms with Gasteiger partial charge in [0.25, 0.3) is 0 Å². The quantitative estimate of drug-likeness (QED) is 0.873. The molecule has 1 saturated heterocycles. The zero-order chi connectivity index (χ0) is 13.0. The molecule has 1 fully saturated rings. The van der Waals surface area contributed by atoms with Gasteiger partial charge in [-0.1, -0.05) is 0 Å². The zero-order valence-corrected chi connectivity index (χ0v) is 11.0. The van der Waals surface area contributed by atoms with Gasteiger partial charge in [-0.25, -0.2) is 9.97 Å². The molecule has 0 aliphatic carbocycles. The van der Waals surface area contributed by atoms with Crippen LogP contribution in [0.1, 0.15) is 26.7 Å². The van der Waals surface area contributed by atoms with Gasteiger partial charge in [0.15, 0.2) is 0 Å². The first-order valence-electron chi connectivity index (χ1n) is 6.47. The predicted octanol–water partition coefficient (Wildman–Crippen LogP) is 1.22. The van der Waals surface area contributed by atoms with Crippen molar-refractivity contribution in [2.24, 2.45) is 5.92 Å². The van der Waals surface area contributed by atoms with Gasteiger partial charge in [-0.15, -0.1) is 0 Å². The monoisotopic (exact) mass is 248 g/mol. The molecule has 0 spiro atoms. The van der Waals surface area contributed by atoms with E-state index in [9.17, 15) is 4.79 Å². The SMILES string of the molecule is CC(C)NC(=O)C1CCN(c2cncnc2)CC1. The first-order chi connectivity index (χ1) is 8.66. The summed E-state index contributed by atoms with van der Waals surface area (Å²) in [5.41, 5.74) is 1.04. The summed E-state index contributed by atoms with van der Waals surface area (Å²) in [6.45, 7) is 5.77. The first kappa shape index (κ1) is 12.8. The maximum atomic E-state index is 11.9. The molecular formula is C13H20N4O. The topological polar surface area (TPSA) is 58.1 Å². The molecule has 0 atom stereocenters. The van der Waals surface area contributed by atoms with Crippen molar-refractivity contribution in [3.8, 4) is 0 Å². The molecule has 2 rings (SSSR count). The summed E-state index contributed by atoms with van der Waals surface area (Å²) in [5.74, 6) is 0.335. The van der Waals surface area contributed by atoms with E-state index in [0.717, 1.165) is 31.6 Å². The molecule has 0 saturated carbocycles. The van der Waals surface area contributed by atoms with E-state index < -0.39 is 0 Å². The highest BCUT2D eigenvalue weighted by Gasteiger charge is 2.25.